The van der Waals surface area contributed by atoms with Crippen molar-refractivity contribution in [1.29, 1.82) is 0 Å². The molecule has 0 nitrogen and oxygen atoms in total. The lowest BCUT2D eigenvalue weighted by molar-refractivity contribution is 0.00562. The van der Waals surface area contributed by atoms with Crippen LogP contribution in [-0.4, -0.2) is 10.5 Å². The molecular weight excluding hydrogens is 230 g/mol. The molecule has 1 unspecified atom stereocenters. The fraction of sp³-hybridized carbons (Fsp3) is 0.500. The minimum Gasteiger partial charge on any atom is -0.213 e. The van der Waals surface area contributed by atoms with Crippen LogP contribution in [0.4, 0.5) is 17.6 Å². The summed E-state index contributed by atoms with van der Waals surface area (Å²) >= 11 is 13.1. The fourth-order valence-electron chi connectivity index (χ4n) is 0.219. The van der Waals surface area contributed by atoms with E-state index >= 15 is 0 Å². The maximum Gasteiger partial charge on any atom is 0.372 e. The summed E-state index contributed by atoms with van der Waals surface area (Å²) in [5.41, 5.74) is 0. The van der Waals surface area contributed by atoms with E-state index in [1.165, 1.54) is 0 Å². The summed E-state index contributed by atoms with van der Waals surface area (Å²) in [7, 11) is 0. The maximum absolute atomic E-state index is 12.3. The maximum atomic E-state index is 12.3. The smallest absolute Gasteiger partial charge is 0.213 e. The molecule has 0 aliphatic heterocycles. The lowest BCUT2D eigenvalue weighted by atomic mass is 10.4. The molecule has 0 aliphatic rings. The lowest BCUT2D eigenvalue weighted by Gasteiger charge is -2.17. The van der Waals surface area contributed by atoms with Crippen LogP contribution < -0.4 is 0 Å². The Morgan fingerprint density at radius 3 is 1.64 bits per heavy atom. The van der Waals surface area contributed by atoms with Gasteiger partial charge in [-0.3, -0.25) is 0 Å². The van der Waals surface area contributed by atoms with Crippen molar-refractivity contribution in [3.63, 3.8) is 0 Å². The molecule has 66 valence electrons. The van der Waals surface area contributed by atoms with Crippen molar-refractivity contribution in [2.75, 3.05) is 0 Å². The van der Waals surface area contributed by atoms with Crippen LogP contribution in [0.3, 0.4) is 0 Å². The summed E-state index contributed by atoms with van der Waals surface area (Å²) in [5, 5.41) is -9.90. The molecule has 0 saturated heterocycles. The van der Waals surface area contributed by atoms with E-state index in [1.54, 1.807) is 0 Å². The highest BCUT2D eigenvalue weighted by atomic mass is 35.5. The zero-order chi connectivity index (χ0) is 9.28. The van der Waals surface area contributed by atoms with Gasteiger partial charge in [-0.2, -0.15) is 13.2 Å². The molecule has 0 fully saturated rings. The van der Waals surface area contributed by atoms with Gasteiger partial charge in [0.2, 0.25) is 0 Å². The van der Waals surface area contributed by atoms with Crippen LogP contribution in [0.2, 0.25) is 0 Å². The highest BCUT2D eigenvalue weighted by Gasteiger charge is 2.51. The molecular formula is C4HCl3F4. The number of rotatable bonds is 2. The Hall–Kier alpha value is 0.330. The van der Waals surface area contributed by atoms with Crippen LogP contribution >= 0.6 is 34.8 Å². The van der Waals surface area contributed by atoms with Crippen LogP contribution in [-0.2, 0) is 0 Å². The van der Waals surface area contributed by atoms with Gasteiger partial charge in [-0.1, -0.05) is 23.2 Å². The first-order chi connectivity index (χ1) is 4.67. The minimum atomic E-state index is -4.40. The van der Waals surface area contributed by atoms with Crippen LogP contribution in [0, 0.1) is 0 Å². The van der Waals surface area contributed by atoms with E-state index < -0.39 is 15.8 Å². The standard InChI is InChI=1S/C4HCl3F4/c5-2(8)1-3(6,9)4(7,10)11/h1H. The molecule has 11 heavy (non-hydrogen) atoms. The molecule has 0 spiro atoms. The summed E-state index contributed by atoms with van der Waals surface area (Å²) in [4.78, 5) is 0. The Kier molecular flexibility index (Phi) is 3.47. The molecule has 0 rings (SSSR count). The number of halogens is 7. The molecule has 0 aromatic heterocycles. The Labute approximate surface area is 74.7 Å². The molecule has 0 heterocycles. The highest BCUT2D eigenvalue weighted by Crippen LogP contribution is 2.41. The molecule has 0 bridgehead atoms. The van der Waals surface area contributed by atoms with Crippen LogP contribution in [0.1, 0.15) is 0 Å². The largest absolute Gasteiger partial charge is 0.372 e. The van der Waals surface area contributed by atoms with Crippen molar-refractivity contribution in [1.82, 2.24) is 0 Å². The quantitative estimate of drug-likeness (QED) is 0.501. The SMILES string of the molecule is FC(Cl)=CC(F)(Cl)C(F)(F)Cl. The van der Waals surface area contributed by atoms with Gasteiger partial charge < -0.3 is 0 Å². The van der Waals surface area contributed by atoms with E-state index in [1.807, 2.05) is 0 Å². The van der Waals surface area contributed by atoms with Gasteiger partial charge in [0.15, 0.2) is 5.29 Å². The van der Waals surface area contributed by atoms with Crippen molar-refractivity contribution in [3.05, 3.63) is 11.4 Å². The van der Waals surface area contributed by atoms with Crippen molar-refractivity contribution < 1.29 is 17.6 Å². The Balaban J connectivity index is 4.61. The monoisotopic (exact) mass is 230 g/mol. The molecule has 0 N–H and O–H groups in total. The van der Waals surface area contributed by atoms with Gasteiger partial charge in [-0.25, -0.2) is 4.39 Å². The zero-order valence-electron chi connectivity index (χ0n) is 4.72. The van der Waals surface area contributed by atoms with Crippen LogP contribution in [0.25, 0.3) is 0 Å². The van der Waals surface area contributed by atoms with E-state index in [0.717, 1.165) is 0 Å². The first-order valence-corrected chi connectivity index (χ1v) is 3.28. The number of hydrogen-bond donors (Lipinski definition) is 0. The second-order valence-corrected chi connectivity index (χ2v) is 2.94. The lowest BCUT2D eigenvalue weighted by Crippen LogP contribution is -2.31. The van der Waals surface area contributed by atoms with Gasteiger partial charge in [0.25, 0.3) is 5.13 Å². The molecule has 0 radical (unpaired) electrons. The summed E-state index contributed by atoms with van der Waals surface area (Å²) in [6.07, 6.45) is -0.330. The van der Waals surface area contributed by atoms with E-state index in [-0.39, 0.29) is 6.08 Å². The number of hydrogen-bond acceptors (Lipinski definition) is 0. The molecule has 0 aromatic rings. The molecule has 7 heteroatoms. The second-order valence-electron chi connectivity index (χ2n) is 1.55. The van der Waals surface area contributed by atoms with E-state index in [0.29, 0.717) is 0 Å². The molecule has 0 amide bonds. The van der Waals surface area contributed by atoms with E-state index in [4.69, 9.17) is 0 Å². The molecule has 0 aromatic carbocycles. The van der Waals surface area contributed by atoms with Crippen LogP contribution in [0.15, 0.2) is 11.4 Å². The third-order valence-electron chi connectivity index (χ3n) is 0.668. The second kappa shape index (κ2) is 3.37. The number of alkyl halides is 5. The first-order valence-electron chi connectivity index (χ1n) is 2.15. The van der Waals surface area contributed by atoms with Crippen LogP contribution in [0.5, 0.6) is 0 Å². The molecule has 0 aliphatic carbocycles. The van der Waals surface area contributed by atoms with Crippen molar-refractivity contribution >= 4 is 34.8 Å². The molecule has 1 atom stereocenters. The minimum absolute atomic E-state index is 0.330. The summed E-state index contributed by atoms with van der Waals surface area (Å²) < 4.78 is 47.7. The fourth-order valence-corrected chi connectivity index (χ4v) is 0.575. The van der Waals surface area contributed by atoms with Gasteiger partial charge in [-0.15, -0.1) is 0 Å². The molecule has 0 saturated carbocycles. The Morgan fingerprint density at radius 2 is 1.55 bits per heavy atom. The predicted octanol–water partition coefficient (Wildman–Crippen LogP) is 3.77. The zero-order valence-corrected chi connectivity index (χ0v) is 6.99. The Morgan fingerprint density at radius 1 is 1.18 bits per heavy atom. The van der Waals surface area contributed by atoms with Gasteiger partial charge >= 0.3 is 5.38 Å². The van der Waals surface area contributed by atoms with Gasteiger partial charge in [0, 0.05) is 6.08 Å². The van der Waals surface area contributed by atoms with Gasteiger partial charge in [0.1, 0.15) is 0 Å². The average molecular weight is 231 g/mol. The topological polar surface area (TPSA) is 0 Å². The van der Waals surface area contributed by atoms with Gasteiger partial charge in [0.05, 0.1) is 0 Å². The average Bonchev–Trinajstić information content (AvgIpc) is 1.56. The Bertz CT molecular complexity index is 167. The van der Waals surface area contributed by atoms with Crippen molar-refractivity contribution in [3.8, 4) is 0 Å². The van der Waals surface area contributed by atoms with E-state index in [2.05, 4.69) is 34.8 Å². The summed E-state index contributed by atoms with van der Waals surface area (Å²) in [5.74, 6) is 0. The van der Waals surface area contributed by atoms with E-state index in [9.17, 15) is 17.6 Å². The predicted molar refractivity (Wildman–Crippen MR) is 35.5 cm³/mol. The number of allylic oxidation sites excluding steroid dienone is 1. The normalized spacial score (nSPS) is 19.7. The van der Waals surface area contributed by atoms with Crippen molar-refractivity contribution in [2.24, 2.45) is 0 Å². The highest BCUT2D eigenvalue weighted by molar-refractivity contribution is 6.34. The third-order valence-corrected chi connectivity index (χ3v) is 1.50. The summed E-state index contributed by atoms with van der Waals surface area (Å²) in [6, 6.07) is 0. The first kappa shape index (κ1) is 11.3. The van der Waals surface area contributed by atoms with Crippen molar-refractivity contribution in [2.45, 2.75) is 10.5 Å². The third kappa shape index (κ3) is 3.49. The van der Waals surface area contributed by atoms with Gasteiger partial charge in [-0.05, 0) is 11.6 Å². The summed E-state index contributed by atoms with van der Waals surface area (Å²) in [6.45, 7) is 0.